The summed E-state index contributed by atoms with van der Waals surface area (Å²) in [6.07, 6.45) is -0.492. The Morgan fingerprint density at radius 2 is 1.95 bits per heavy atom. The molecule has 0 saturated carbocycles. The Hall–Kier alpha value is -2.65. The number of aromatic nitrogens is 3. The molecule has 10 nitrogen and oxygen atoms in total. The van der Waals surface area contributed by atoms with Crippen LogP contribution in [0.4, 0.5) is 4.79 Å². The van der Waals surface area contributed by atoms with E-state index in [2.05, 4.69) is 20.3 Å². The molecule has 1 fully saturated rings. The van der Waals surface area contributed by atoms with Crippen LogP contribution in [0, 0.1) is 0 Å². The molecule has 1 aliphatic heterocycles. The van der Waals surface area contributed by atoms with Crippen LogP contribution in [0.25, 0.3) is 0 Å². The Bertz CT molecular complexity index is 515. The van der Waals surface area contributed by atoms with Gasteiger partial charge in [-0.1, -0.05) is 0 Å². The molecule has 1 aliphatic rings. The van der Waals surface area contributed by atoms with Gasteiger partial charge < -0.3 is 19.5 Å². The molecular weight excluding hydrogens is 282 g/mol. The van der Waals surface area contributed by atoms with Crippen molar-refractivity contribution in [2.75, 3.05) is 33.9 Å². The fraction of sp³-hybridized carbons (Fsp3) is 0.545. The van der Waals surface area contributed by atoms with E-state index >= 15 is 0 Å². The monoisotopic (exact) mass is 297 g/mol. The van der Waals surface area contributed by atoms with Crippen LogP contribution in [-0.4, -0.2) is 65.8 Å². The van der Waals surface area contributed by atoms with Gasteiger partial charge in [-0.3, -0.25) is 9.69 Å². The average molecular weight is 297 g/mol. The molecule has 0 bridgehead atoms. The molecule has 0 radical (unpaired) electrons. The number of hydrogen-bond donors (Lipinski definition) is 1. The molecule has 1 aromatic heterocycles. The van der Waals surface area contributed by atoms with Gasteiger partial charge in [-0.05, 0) is 0 Å². The summed E-state index contributed by atoms with van der Waals surface area (Å²) in [5.74, 6) is -0.0526. The van der Waals surface area contributed by atoms with Crippen LogP contribution in [0.3, 0.4) is 0 Å². The van der Waals surface area contributed by atoms with Gasteiger partial charge in [0.05, 0.1) is 27.3 Å². The second kappa shape index (κ2) is 6.68. The smallest absolute Gasteiger partial charge is 0.410 e. The Balaban J connectivity index is 1.90. The Morgan fingerprint density at radius 1 is 1.29 bits per heavy atom. The van der Waals surface area contributed by atoms with Gasteiger partial charge in [-0.15, -0.1) is 4.98 Å². The van der Waals surface area contributed by atoms with Crippen LogP contribution < -0.4 is 14.8 Å². The molecule has 0 atom stereocenters. The summed E-state index contributed by atoms with van der Waals surface area (Å²) in [6.45, 7) is 0.697. The van der Waals surface area contributed by atoms with Crippen LogP contribution in [0.2, 0.25) is 0 Å². The fourth-order valence-electron chi connectivity index (χ4n) is 1.62. The predicted octanol–water partition coefficient (Wildman–Crippen LogP) is -1.04. The highest BCUT2D eigenvalue weighted by atomic mass is 16.6. The standard InChI is InChI=1S/C11H15N5O5/c1-19-9-13-7(14-10(15-9)20-2)5-12-8(17)6-16-3-4-21-11(16)18/h3-6H2,1-2H3,(H,12,17). The summed E-state index contributed by atoms with van der Waals surface area (Å²) < 4.78 is 14.5. The number of carbonyl (C=O) groups excluding carboxylic acids is 2. The molecule has 21 heavy (non-hydrogen) atoms. The van der Waals surface area contributed by atoms with Gasteiger partial charge >= 0.3 is 18.1 Å². The highest BCUT2D eigenvalue weighted by molar-refractivity contribution is 5.82. The van der Waals surface area contributed by atoms with Crippen LogP contribution in [0.15, 0.2) is 0 Å². The molecule has 2 amide bonds. The highest BCUT2D eigenvalue weighted by Gasteiger charge is 2.24. The quantitative estimate of drug-likeness (QED) is 0.707. The summed E-state index contributed by atoms with van der Waals surface area (Å²) in [4.78, 5) is 36.0. The average Bonchev–Trinajstić information content (AvgIpc) is 2.90. The molecule has 10 heteroatoms. The molecule has 0 aliphatic carbocycles. The van der Waals surface area contributed by atoms with E-state index in [4.69, 9.17) is 14.2 Å². The van der Waals surface area contributed by atoms with E-state index in [0.29, 0.717) is 13.2 Å². The molecule has 114 valence electrons. The molecular formula is C11H15N5O5. The van der Waals surface area contributed by atoms with Gasteiger partial charge in [0.2, 0.25) is 5.91 Å². The summed E-state index contributed by atoms with van der Waals surface area (Å²) in [5, 5.41) is 2.60. The fourth-order valence-corrected chi connectivity index (χ4v) is 1.62. The van der Waals surface area contributed by atoms with E-state index in [1.165, 1.54) is 19.1 Å². The molecule has 0 aromatic carbocycles. The van der Waals surface area contributed by atoms with Crippen molar-refractivity contribution in [1.29, 1.82) is 0 Å². The van der Waals surface area contributed by atoms with Crippen molar-refractivity contribution < 1.29 is 23.8 Å². The summed E-state index contributed by atoms with van der Waals surface area (Å²) in [6, 6.07) is 0.184. The molecule has 1 saturated heterocycles. The third kappa shape index (κ3) is 3.91. The van der Waals surface area contributed by atoms with Gasteiger partial charge in [0.1, 0.15) is 13.2 Å². The van der Waals surface area contributed by atoms with Crippen molar-refractivity contribution >= 4 is 12.0 Å². The normalized spacial score (nSPS) is 13.8. The van der Waals surface area contributed by atoms with E-state index in [-0.39, 0.29) is 36.8 Å². The summed E-state index contributed by atoms with van der Waals surface area (Å²) in [5.41, 5.74) is 0. The first kappa shape index (κ1) is 14.8. The summed E-state index contributed by atoms with van der Waals surface area (Å²) >= 11 is 0. The third-order valence-electron chi connectivity index (χ3n) is 2.63. The van der Waals surface area contributed by atoms with Crippen molar-refractivity contribution in [2.24, 2.45) is 0 Å². The van der Waals surface area contributed by atoms with Gasteiger partial charge in [-0.2, -0.15) is 9.97 Å². The van der Waals surface area contributed by atoms with E-state index in [1.54, 1.807) is 0 Å². The lowest BCUT2D eigenvalue weighted by Crippen LogP contribution is -2.37. The third-order valence-corrected chi connectivity index (χ3v) is 2.63. The number of amides is 2. The lowest BCUT2D eigenvalue weighted by Gasteiger charge is -2.12. The molecule has 0 unspecified atom stereocenters. The number of nitrogens with zero attached hydrogens (tertiary/aromatic N) is 4. The SMILES string of the molecule is COc1nc(CNC(=O)CN2CCOC2=O)nc(OC)n1. The molecule has 1 N–H and O–H groups in total. The maximum absolute atomic E-state index is 11.7. The number of rotatable bonds is 6. The van der Waals surface area contributed by atoms with Gasteiger partial charge in [0.25, 0.3) is 0 Å². The van der Waals surface area contributed by atoms with E-state index in [1.807, 2.05) is 0 Å². The minimum absolute atomic E-state index is 0.0664. The first-order chi connectivity index (χ1) is 10.1. The van der Waals surface area contributed by atoms with Crippen molar-refractivity contribution in [3.8, 4) is 12.0 Å². The number of cyclic esters (lactones) is 1. The van der Waals surface area contributed by atoms with Crippen LogP contribution >= 0.6 is 0 Å². The number of methoxy groups -OCH3 is 2. The van der Waals surface area contributed by atoms with E-state index in [0.717, 1.165) is 0 Å². The Labute approximate surface area is 120 Å². The molecule has 2 heterocycles. The maximum atomic E-state index is 11.7. The zero-order chi connectivity index (χ0) is 15.2. The van der Waals surface area contributed by atoms with E-state index < -0.39 is 6.09 Å². The van der Waals surface area contributed by atoms with Crippen LogP contribution in [-0.2, 0) is 16.1 Å². The summed E-state index contributed by atoms with van der Waals surface area (Å²) in [7, 11) is 2.83. The van der Waals surface area contributed by atoms with Crippen LogP contribution in [0.1, 0.15) is 5.82 Å². The minimum Gasteiger partial charge on any atom is -0.467 e. The molecule has 0 spiro atoms. The first-order valence-corrected chi connectivity index (χ1v) is 6.13. The maximum Gasteiger partial charge on any atom is 0.410 e. The second-order valence-electron chi connectivity index (χ2n) is 4.04. The molecule has 2 rings (SSSR count). The number of carbonyl (C=O) groups is 2. The van der Waals surface area contributed by atoms with E-state index in [9.17, 15) is 9.59 Å². The van der Waals surface area contributed by atoms with Gasteiger partial charge in [0, 0.05) is 0 Å². The topological polar surface area (TPSA) is 116 Å². The van der Waals surface area contributed by atoms with Crippen LogP contribution in [0.5, 0.6) is 12.0 Å². The molecule has 1 aromatic rings. The Morgan fingerprint density at radius 3 is 2.48 bits per heavy atom. The largest absolute Gasteiger partial charge is 0.467 e. The minimum atomic E-state index is -0.492. The van der Waals surface area contributed by atoms with Gasteiger partial charge in [0.15, 0.2) is 5.82 Å². The number of hydrogen-bond acceptors (Lipinski definition) is 8. The van der Waals surface area contributed by atoms with Gasteiger partial charge in [-0.25, -0.2) is 4.79 Å². The van der Waals surface area contributed by atoms with Crippen molar-refractivity contribution in [3.05, 3.63) is 5.82 Å². The zero-order valence-electron chi connectivity index (χ0n) is 11.7. The highest BCUT2D eigenvalue weighted by Crippen LogP contribution is 2.08. The number of nitrogens with one attached hydrogen (secondary N) is 1. The van der Waals surface area contributed by atoms with Crippen molar-refractivity contribution in [3.63, 3.8) is 0 Å². The first-order valence-electron chi connectivity index (χ1n) is 6.13. The number of ether oxygens (including phenoxy) is 3. The van der Waals surface area contributed by atoms with Crippen molar-refractivity contribution in [2.45, 2.75) is 6.54 Å². The zero-order valence-corrected chi connectivity index (χ0v) is 11.7. The lowest BCUT2D eigenvalue weighted by atomic mass is 10.4. The Kier molecular flexibility index (Phi) is 4.69. The second-order valence-corrected chi connectivity index (χ2v) is 4.04. The van der Waals surface area contributed by atoms with Crippen molar-refractivity contribution in [1.82, 2.24) is 25.2 Å². The predicted molar refractivity (Wildman–Crippen MR) is 67.7 cm³/mol. The lowest BCUT2D eigenvalue weighted by molar-refractivity contribution is -0.121.